The van der Waals surface area contributed by atoms with Crippen molar-refractivity contribution in [3.63, 3.8) is 0 Å². The largest absolute Gasteiger partial charge is 0.357 e. The first-order valence-corrected chi connectivity index (χ1v) is 9.26. The number of nitrogens with one attached hydrogen (secondary N) is 1. The quantitative estimate of drug-likeness (QED) is 0.681. The van der Waals surface area contributed by atoms with E-state index >= 15 is 0 Å². The molecule has 3 rings (SSSR count). The second-order valence-electron chi connectivity index (χ2n) is 6.17. The van der Waals surface area contributed by atoms with E-state index in [2.05, 4.69) is 33.9 Å². The van der Waals surface area contributed by atoms with Crippen molar-refractivity contribution in [2.75, 3.05) is 32.7 Å². The number of aryl methyl sites for hydroxylation is 1. The topological polar surface area (TPSA) is 43.8 Å². The van der Waals surface area contributed by atoms with Gasteiger partial charge in [-0.25, -0.2) is 9.98 Å². The summed E-state index contributed by atoms with van der Waals surface area (Å²) < 4.78 is 0. The smallest absolute Gasteiger partial charge is 0.194 e. The highest BCUT2D eigenvalue weighted by Gasteiger charge is 2.30. The molecule has 22 heavy (non-hydrogen) atoms. The van der Waals surface area contributed by atoms with Crippen LogP contribution in [0.15, 0.2) is 11.2 Å². The van der Waals surface area contributed by atoms with Crippen LogP contribution in [0, 0.1) is 6.92 Å². The summed E-state index contributed by atoms with van der Waals surface area (Å²) in [6, 6.07) is 0.716. The van der Waals surface area contributed by atoms with Crippen molar-refractivity contribution in [2.24, 2.45) is 4.99 Å². The Balaban J connectivity index is 1.60. The van der Waals surface area contributed by atoms with Crippen LogP contribution in [-0.4, -0.2) is 59.5 Å². The highest BCUT2D eigenvalue weighted by atomic mass is 32.1. The predicted molar refractivity (Wildman–Crippen MR) is 92.5 cm³/mol. The Morgan fingerprint density at radius 1 is 1.41 bits per heavy atom. The highest BCUT2D eigenvalue weighted by Crippen LogP contribution is 2.20. The van der Waals surface area contributed by atoms with Gasteiger partial charge in [-0.15, -0.1) is 11.3 Å². The molecule has 1 aromatic rings. The van der Waals surface area contributed by atoms with E-state index in [-0.39, 0.29) is 0 Å². The van der Waals surface area contributed by atoms with Crippen LogP contribution < -0.4 is 5.32 Å². The first-order valence-electron chi connectivity index (χ1n) is 8.45. The summed E-state index contributed by atoms with van der Waals surface area (Å²) in [5, 5.41) is 4.55. The van der Waals surface area contributed by atoms with E-state index in [9.17, 15) is 0 Å². The van der Waals surface area contributed by atoms with Gasteiger partial charge in [-0.1, -0.05) is 0 Å². The SMILES string of the molecule is CCNC(=NCc1ncc(C)s1)N1CCC(N2CCCC2)C1. The van der Waals surface area contributed by atoms with Gasteiger partial charge in [0.2, 0.25) is 0 Å². The molecule has 3 heterocycles. The number of nitrogens with zero attached hydrogens (tertiary/aromatic N) is 4. The average Bonchev–Trinajstić information content (AvgIpc) is 3.24. The molecule has 0 amide bonds. The van der Waals surface area contributed by atoms with E-state index in [1.165, 1.54) is 37.2 Å². The predicted octanol–water partition coefficient (Wildman–Crippen LogP) is 2.09. The lowest BCUT2D eigenvalue weighted by Gasteiger charge is -2.25. The number of thiazole rings is 1. The van der Waals surface area contributed by atoms with Crippen molar-refractivity contribution in [3.05, 3.63) is 16.1 Å². The standard InChI is InChI=1S/C16H27N5S/c1-3-17-16(19-11-15-18-10-13(2)22-15)21-9-6-14(12-21)20-7-4-5-8-20/h10,14H,3-9,11-12H2,1-2H3,(H,17,19). The Morgan fingerprint density at radius 3 is 2.91 bits per heavy atom. The molecule has 0 spiro atoms. The van der Waals surface area contributed by atoms with Crippen LogP contribution >= 0.6 is 11.3 Å². The second kappa shape index (κ2) is 7.42. The zero-order chi connectivity index (χ0) is 15.4. The number of hydrogen-bond donors (Lipinski definition) is 1. The van der Waals surface area contributed by atoms with Crippen molar-refractivity contribution < 1.29 is 0 Å². The molecule has 0 radical (unpaired) electrons. The van der Waals surface area contributed by atoms with Crippen LogP contribution in [0.2, 0.25) is 0 Å². The summed E-state index contributed by atoms with van der Waals surface area (Å²) in [6.45, 7) is 10.6. The van der Waals surface area contributed by atoms with Crippen molar-refractivity contribution in [1.82, 2.24) is 20.1 Å². The zero-order valence-corrected chi connectivity index (χ0v) is 14.5. The third-order valence-corrected chi connectivity index (χ3v) is 5.39. The van der Waals surface area contributed by atoms with E-state index in [0.29, 0.717) is 12.6 Å². The molecule has 5 nitrogen and oxygen atoms in total. The maximum absolute atomic E-state index is 4.80. The van der Waals surface area contributed by atoms with Gasteiger partial charge in [0.25, 0.3) is 0 Å². The number of aromatic nitrogens is 1. The lowest BCUT2D eigenvalue weighted by molar-refractivity contribution is 0.249. The highest BCUT2D eigenvalue weighted by molar-refractivity contribution is 7.11. The fourth-order valence-corrected chi connectivity index (χ4v) is 4.09. The van der Waals surface area contributed by atoms with Crippen LogP contribution in [0.25, 0.3) is 0 Å². The summed E-state index contributed by atoms with van der Waals surface area (Å²) in [4.78, 5) is 15.5. The Hall–Kier alpha value is -1.14. The first kappa shape index (κ1) is 15.7. The second-order valence-corrected chi connectivity index (χ2v) is 7.49. The third-order valence-electron chi connectivity index (χ3n) is 4.49. The van der Waals surface area contributed by atoms with Gasteiger partial charge in [-0.2, -0.15) is 0 Å². The Bertz CT molecular complexity index is 506. The van der Waals surface area contributed by atoms with Gasteiger partial charge in [0.1, 0.15) is 5.01 Å². The Labute approximate surface area is 137 Å². The molecule has 2 aliphatic rings. The average molecular weight is 321 g/mol. The van der Waals surface area contributed by atoms with Gasteiger partial charge in [-0.3, -0.25) is 4.90 Å². The summed E-state index contributed by atoms with van der Waals surface area (Å²) in [6.07, 6.45) is 5.94. The number of aliphatic imine (C=N–C) groups is 1. The zero-order valence-electron chi connectivity index (χ0n) is 13.7. The number of rotatable bonds is 4. The molecule has 2 saturated heterocycles. The van der Waals surface area contributed by atoms with Crippen LogP contribution in [0.3, 0.4) is 0 Å². The van der Waals surface area contributed by atoms with Gasteiger partial charge in [0.15, 0.2) is 5.96 Å². The fourth-order valence-electron chi connectivity index (χ4n) is 3.38. The van der Waals surface area contributed by atoms with Crippen molar-refractivity contribution in [3.8, 4) is 0 Å². The molecule has 0 bridgehead atoms. The van der Waals surface area contributed by atoms with E-state index in [0.717, 1.165) is 30.6 Å². The minimum atomic E-state index is 0.686. The van der Waals surface area contributed by atoms with Gasteiger partial charge < -0.3 is 10.2 Å². The summed E-state index contributed by atoms with van der Waals surface area (Å²) in [5.41, 5.74) is 0. The molecule has 1 atom stereocenters. The molecule has 2 aliphatic heterocycles. The molecule has 6 heteroatoms. The van der Waals surface area contributed by atoms with Crippen LogP contribution in [0.5, 0.6) is 0 Å². The maximum Gasteiger partial charge on any atom is 0.194 e. The lowest BCUT2D eigenvalue weighted by Crippen LogP contribution is -2.42. The van der Waals surface area contributed by atoms with Crippen LogP contribution in [0.4, 0.5) is 0 Å². The van der Waals surface area contributed by atoms with E-state index in [4.69, 9.17) is 4.99 Å². The van der Waals surface area contributed by atoms with E-state index in [1.807, 2.05) is 6.20 Å². The normalized spacial score (nSPS) is 23.5. The summed E-state index contributed by atoms with van der Waals surface area (Å²) in [5.74, 6) is 1.05. The molecule has 0 saturated carbocycles. The van der Waals surface area contributed by atoms with Crippen molar-refractivity contribution >= 4 is 17.3 Å². The molecular formula is C16H27N5S. The van der Waals surface area contributed by atoms with Crippen molar-refractivity contribution in [1.29, 1.82) is 0 Å². The van der Waals surface area contributed by atoms with Crippen molar-refractivity contribution in [2.45, 2.75) is 45.7 Å². The molecule has 1 unspecified atom stereocenters. The summed E-state index contributed by atoms with van der Waals surface area (Å²) in [7, 11) is 0. The number of hydrogen-bond acceptors (Lipinski definition) is 4. The molecular weight excluding hydrogens is 294 g/mol. The molecule has 1 N–H and O–H groups in total. The summed E-state index contributed by atoms with van der Waals surface area (Å²) >= 11 is 1.74. The first-order chi connectivity index (χ1) is 10.8. The van der Waals surface area contributed by atoms with E-state index < -0.39 is 0 Å². The maximum atomic E-state index is 4.80. The molecule has 122 valence electrons. The minimum absolute atomic E-state index is 0.686. The van der Waals surface area contributed by atoms with Crippen LogP contribution in [-0.2, 0) is 6.54 Å². The lowest BCUT2D eigenvalue weighted by atomic mass is 10.2. The number of likely N-dealkylation sites (tertiary alicyclic amines) is 2. The van der Waals surface area contributed by atoms with Gasteiger partial charge in [0, 0.05) is 36.8 Å². The Kier molecular flexibility index (Phi) is 5.31. The Morgan fingerprint density at radius 2 is 2.23 bits per heavy atom. The molecule has 0 aromatic carbocycles. The van der Waals surface area contributed by atoms with Gasteiger partial charge in [0.05, 0.1) is 6.54 Å². The number of guanidine groups is 1. The molecule has 1 aromatic heterocycles. The third kappa shape index (κ3) is 3.79. The fraction of sp³-hybridized carbons (Fsp3) is 0.750. The van der Waals surface area contributed by atoms with E-state index in [1.54, 1.807) is 11.3 Å². The van der Waals surface area contributed by atoms with Crippen LogP contribution in [0.1, 0.15) is 36.1 Å². The molecule has 0 aliphatic carbocycles. The van der Waals surface area contributed by atoms with Gasteiger partial charge >= 0.3 is 0 Å². The molecule has 2 fully saturated rings. The minimum Gasteiger partial charge on any atom is -0.357 e. The monoisotopic (exact) mass is 321 g/mol. The van der Waals surface area contributed by atoms with Gasteiger partial charge in [-0.05, 0) is 46.2 Å².